The Balaban J connectivity index is 3.03. The van der Waals surface area contributed by atoms with Crippen molar-refractivity contribution in [1.29, 1.82) is 0 Å². The molecule has 0 fully saturated rings. The van der Waals surface area contributed by atoms with Gasteiger partial charge >= 0.3 is 11.9 Å². The molecule has 0 saturated heterocycles. The number of carboxylic acids is 2. The summed E-state index contributed by atoms with van der Waals surface area (Å²) in [5.74, 6) is -2.51. The summed E-state index contributed by atoms with van der Waals surface area (Å²) in [5.41, 5.74) is -0.520. The Hall–Kier alpha value is -1.32. The average Bonchev–Trinajstić information content (AvgIpc) is 2.72. The molecular formula is C9H12O4. The van der Waals surface area contributed by atoms with E-state index in [2.05, 4.69) is 0 Å². The second-order valence-electron chi connectivity index (χ2n) is 3.02. The zero-order valence-corrected chi connectivity index (χ0v) is 7.63. The van der Waals surface area contributed by atoms with Gasteiger partial charge < -0.3 is 10.2 Å². The maximum atomic E-state index is 10.8. The van der Waals surface area contributed by atoms with Crippen LogP contribution in [0, 0.1) is 5.41 Å². The monoisotopic (exact) mass is 184 g/mol. The third kappa shape index (κ3) is 0.978. The molecule has 1 aliphatic rings. The highest BCUT2D eigenvalue weighted by Gasteiger charge is 2.63. The lowest BCUT2D eigenvalue weighted by Crippen LogP contribution is -2.30. The van der Waals surface area contributed by atoms with Crippen molar-refractivity contribution in [2.75, 3.05) is 0 Å². The van der Waals surface area contributed by atoms with Crippen molar-refractivity contribution in [3.05, 3.63) is 11.1 Å². The topological polar surface area (TPSA) is 74.6 Å². The fraction of sp³-hybridized carbons (Fsp3) is 0.556. The highest BCUT2D eigenvalue weighted by molar-refractivity contribution is 6.11. The van der Waals surface area contributed by atoms with Crippen LogP contribution < -0.4 is 0 Å². The molecule has 0 amide bonds. The number of hydrogen-bond acceptors (Lipinski definition) is 2. The molecule has 0 heterocycles. The Kier molecular flexibility index (Phi) is 2.15. The number of aliphatic carboxylic acids is 2. The first-order chi connectivity index (χ1) is 6.03. The van der Waals surface area contributed by atoms with Gasteiger partial charge in [-0.1, -0.05) is 13.8 Å². The Morgan fingerprint density at radius 3 is 1.46 bits per heavy atom. The van der Waals surface area contributed by atoms with E-state index in [-0.39, 0.29) is 0 Å². The molecule has 2 N–H and O–H groups in total. The first kappa shape index (κ1) is 9.77. The van der Waals surface area contributed by atoms with Gasteiger partial charge in [-0.15, -0.1) is 0 Å². The summed E-state index contributed by atoms with van der Waals surface area (Å²) in [5, 5.41) is 17.7. The smallest absolute Gasteiger partial charge is 0.329 e. The molecule has 0 saturated carbocycles. The Morgan fingerprint density at radius 2 is 1.38 bits per heavy atom. The van der Waals surface area contributed by atoms with Gasteiger partial charge in [0.25, 0.3) is 0 Å². The molecule has 0 radical (unpaired) electrons. The van der Waals surface area contributed by atoms with E-state index in [4.69, 9.17) is 10.2 Å². The summed E-state index contributed by atoms with van der Waals surface area (Å²) in [6.45, 7) is 3.55. The quantitative estimate of drug-likeness (QED) is 0.509. The molecule has 0 bridgehead atoms. The molecule has 4 heteroatoms. The van der Waals surface area contributed by atoms with Gasteiger partial charge in [0, 0.05) is 0 Å². The van der Waals surface area contributed by atoms with Crippen LogP contribution in [0.5, 0.6) is 0 Å². The van der Waals surface area contributed by atoms with E-state index in [0.29, 0.717) is 24.0 Å². The standard InChI is InChI=1S/C9H12O4/c1-3-5-6(4-2)9(5,7(10)11)8(12)13/h3-4H2,1-2H3,(H,10,11)(H,12,13). The van der Waals surface area contributed by atoms with Crippen LogP contribution in [0.3, 0.4) is 0 Å². The molecule has 13 heavy (non-hydrogen) atoms. The van der Waals surface area contributed by atoms with Crippen LogP contribution in [0.25, 0.3) is 0 Å². The number of carboxylic acid groups (broad SMARTS) is 2. The molecule has 0 atom stereocenters. The van der Waals surface area contributed by atoms with Gasteiger partial charge in [-0.05, 0) is 24.0 Å². The number of hydrogen-bond donors (Lipinski definition) is 2. The summed E-state index contributed by atoms with van der Waals surface area (Å²) >= 11 is 0. The zero-order valence-electron chi connectivity index (χ0n) is 7.63. The first-order valence-corrected chi connectivity index (χ1v) is 4.23. The van der Waals surface area contributed by atoms with E-state index in [1.807, 2.05) is 0 Å². The molecule has 4 nitrogen and oxygen atoms in total. The highest BCUT2D eigenvalue weighted by atomic mass is 16.4. The van der Waals surface area contributed by atoms with E-state index in [9.17, 15) is 9.59 Å². The molecule has 0 aromatic heterocycles. The van der Waals surface area contributed by atoms with Crippen molar-refractivity contribution in [2.24, 2.45) is 5.41 Å². The first-order valence-electron chi connectivity index (χ1n) is 4.23. The zero-order chi connectivity index (χ0) is 10.2. The third-order valence-corrected chi connectivity index (χ3v) is 2.56. The predicted molar refractivity (Wildman–Crippen MR) is 45.3 cm³/mol. The maximum absolute atomic E-state index is 10.8. The van der Waals surface area contributed by atoms with Gasteiger partial charge in [-0.25, -0.2) is 0 Å². The van der Waals surface area contributed by atoms with Crippen LogP contribution in [0.15, 0.2) is 11.1 Å². The van der Waals surface area contributed by atoms with Crippen LogP contribution in [-0.4, -0.2) is 22.2 Å². The van der Waals surface area contributed by atoms with Crippen molar-refractivity contribution in [1.82, 2.24) is 0 Å². The van der Waals surface area contributed by atoms with E-state index >= 15 is 0 Å². The van der Waals surface area contributed by atoms with Crippen molar-refractivity contribution >= 4 is 11.9 Å². The van der Waals surface area contributed by atoms with E-state index in [0.717, 1.165) is 0 Å². The lowest BCUT2D eigenvalue weighted by molar-refractivity contribution is -0.155. The SMILES string of the molecule is CCC1=C(CC)C1(C(=O)O)C(=O)O. The Labute approximate surface area is 75.9 Å². The van der Waals surface area contributed by atoms with E-state index in [1.54, 1.807) is 13.8 Å². The highest BCUT2D eigenvalue weighted by Crippen LogP contribution is 2.56. The van der Waals surface area contributed by atoms with Crippen LogP contribution >= 0.6 is 0 Å². The summed E-state index contributed by atoms with van der Waals surface area (Å²) in [4.78, 5) is 21.7. The van der Waals surface area contributed by atoms with Gasteiger partial charge in [0.2, 0.25) is 5.41 Å². The minimum absolute atomic E-state index is 0.502. The van der Waals surface area contributed by atoms with Crippen molar-refractivity contribution in [2.45, 2.75) is 26.7 Å². The minimum atomic E-state index is -1.65. The molecule has 0 aromatic carbocycles. The molecule has 0 unspecified atom stereocenters. The summed E-state index contributed by atoms with van der Waals surface area (Å²) in [7, 11) is 0. The summed E-state index contributed by atoms with van der Waals surface area (Å²) in [6, 6.07) is 0. The largest absolute Gasteiger partial charge is 0.480 e. The predicted octanol–water partition coefficient (Wildman–Crippen LogP) is 1.27. The van der Waals surface area contributed by atoms with Gasteiger partial charge in [0.1, 0.15) is 0 Å². The molecule has 0 aromatic rings. The van der Waals surface area contributed by atoms with Crippen LogP contribution in [0.4, 0.5) is 0 Å². The Morgan fingerprint density at radius 1 is 1.08 bits per heavy atom. The van der Waals surface area contributed by atoms with E-state index < -0.39 is 17.4 Å². The molecule has 1 aliphatic carbocycles. The maximum Gasteiger partial charge on any atom is 0.329 e. The van der Waals surface area contributed by atoms with Gasteiger partial charge in [0.05, 0.1) is 0 Å². The molecule has 0 spiro atoms. The van der Waals surface area contributed by atoms with Gasteiger partial charge in [-0.3, -0.25) is 9.59 Å². The van der Waals surface area contributed by atoms with Crippen molar-refractivity contribution in [3.63, 3.8) is 0 Å². The van der Waals surface area contributed by atoms with Crippen LogP contribution in [-0.2, 0) is 9.59 Å². The number of carbonyl (C=O) groups is 2. The summed E-state index contributed by atoms with van der Waals surface area (Å²) < 4.78 is 0. The molecule has 72 valence electrons. The lowest BCUT2D eigenvalue weighted by Gasteiger charge is -2.07. The normalized spacial score (nSPS) is 18.6. The van der Waals surface area contributed by atoms with Crippen molar-refractivity contribution in [3.8, 4) is 0 Å². The number of rotatable bonds is 4. The van der Waals surface area contributed by atoms with Gasteiger partial charge in [0.15, 0.2) is 0 Å². The van der Waals surface area contributed by atoms with Crippen molar-refractivity contribution < 1.29 is 19.8 Å². The lowest BCUT2D eigenvalue weighted by atomic mass is 9.96. The average molecular weight is 184 g/mol. The molecule has 1 rings (SSSR count). The Bertz CT molecular complexity index is 271. The second-order valence-corrected chi connectivity index (χ2v) is 3.02. The molecular weight excluding hydrogens is 172 g/mol. The fourth-order valence-corrected chi connectivity index (χ4v) is 1.96. The third-order valence-electron chi connectivity index (χ3n) is 2.56. The van der Waals surface area contributed by atoms with Crippen LogP contribution in [0.1, 0.15) is 26.7 Å². The van der Waals surface area contributed by atoms with Crippen LogP contribution in [0.2, 0.25) is 0 Å². The van der Waals surface area contributed by atoms with E-state index in [1.165, 1.54) is 0 Å². The van der Waals surface area contributed by atoms with Gasteiger partial charge in [-0.2, -0.15) is 0 Å². The second kappa shape index (κ2) is 2.87. The summed E-state index contributed by atoms with van der Waals surface area (Å²) in [6.07, 6.45) is 1.00. The minimum Gasteiger partial charge on any atom is -0.480 e. The fourth-order valence-electron chi connectivity index (χ4n) is 1.96. The molecule has 0 aliphatic heterocycles.